The number of hydrogen-bond donors (Lipinski definition) is 0. The molecule has 8 rings (SSSR count). The van der Waals surface area contributed by atoms with Crippen molar-refractivity contribution < 1.29 is 153 Å². The quantitative estimate of drug-likeness (QED) is 0.130. The van der Waals surface area contributed by atoms with Crippen LogP contribution in [-0.2, 0) is 64.9 Å². The number of rotatable bonds is 4. The van der Waals surface area contributed by atoms with E-state index in [0.29, 0.717) is 49.1 Å². The molecule has 4 aromatic heterocycles. The fraction of sp³-hybridized carbons (Fsp3) is 0.0833. The topological polar surface area (TPSA) is 51.6 Å². The number of nitrogens with zero attached hydrogens (tertiary/aromatic N) is 4. The molecule has 0 atom stereocenters. The molecule has 0 unspecified atom stereocenters. The minimum absolute atomic E-state index is 0. The second-order valence-corrected chi connectivity index (χ2v) is 13.9. The largest absolute Gasteiger partial charge is 3.00 e. The Kier molecular flexibility index (Phi) is 25.4. The Balaban J connectivity index is 0.000000498. The maximum Gasteiger partial charge on any atom is 3.00 e. The van der Waals surface area contributed by atoms with Gasteiger partial charge in [-0.05, 0) is 22.8 Å². The average Bonchev–Trinajstić information content (AvgIpc) is 3.29. The Morgan fingerprint density at radius 2 is 0.461 bits per heavy atom. The molecule has 28 heteroatoms. The summed E-state index contributed by atoms with van der Waals surface area (Å²) in [4.78, 5) is 14.0. The summed E-state index contributed by atoms with van der Waals surface area (Å²) in [5.74, 6) is -6.98. The van der Waals surface area contributed by atoms with Crippen molar-refractivity contribution >= 4 is 0 Å². The Morgan fingerprint density at radius 1 is 0.289 bits per heavy atom. The van der Waals surface area contributed by atoms with Crippen LogP contribution in [0.2, 0.25) is 0 Å². The van der Waals surface area contributed by atoms with Crippen molar-refractivity contribution in [3.05, 3.63) is 215 Å². The molecule has 4 nitrogen and oxygen atoms in total. The van der Waals surface area contributed by atoms with E-state index in [4.69, 9.17) is 0 Å². The third-order valence-electron chi connectivity index (χ3n) is 8.82. The van der Waals surface area contributed by atoms with Gasteiger partial charge in [0.2, 0.25) is 0 Å². The van der Waals surface area contributed by atoms with E-state index in [2.05, 4.69) is 44.2 Å². The first kappa shape index (κ1) is 68.0. The van der Waals surface area contributed by atoms with Crippen LogP contribution in [0.15, 0.2) is 122 Å². The molecule has 0 amide bonds. The Hall–Kier alpha value is -6.04. The zero-order valence-electron chi connectivity index (χ0n) is 36.3. The van der Waals surface area contributed by atoms with E-state index >= 15 is 0 Å². The van der Waals surface area contributed by atoms with E-state index in [1.807, 2.05) is 0 Å². The first-order valence-electron chi connectivity index (χ1n) is 19.1. The smallest absolute Gasteiger partial charge is 1.00 e. The number of pyridine rings is 4. The SMILES string of the molecule is Fc1c[c-]c(-c2ccc(C(F)(F)F)cn2)c(F)c1.Fc1c[c-]c(-c2ccc(C(F)(F)F)cn2)c(F)c1.Fc1c[c-]c(-c2ccc(C(F)(F)F)cn2)c(F)c1.Fc1c[c-]c(-c2ccc(C(F)(F)F)cn2)c(F)c1.[Cl-].[Cl-].[Ir+3].[Ir+3]. The standard InChI is InChI=1S/4C12H5F5N.2ClH.2Ir/c4*13-8-2-3-9(10(14)5-8)11-4-1-7(6-18-11)12(15,16)17;;;;/h4*1-2,4-6H;2*1H;;/q4*-1;;;2*+3/p-2. The summed E-state index contributed by atoms with van der Waals surface area (Å²) in [6.07, 6.45) is -15.7. The van der Waals surface area contributed by atoms with Crippen molar-refractivity contribution in [1.82, 2.24) is 19.9 Å². The molecule has 4 aromatic carbocycles. The fourth-order valence-corrected chi connectivity index (χ4v) is 5.40. The number of alkyl halides is 12. The van der Waals surface area contributed by atoms with Gasteiger partial charge in [0.25, 0.3) is 0 Å². The zero-order chi connectivity index (χ0) is 53.3. The third kappa shape index (κ3) is 19.2. The molecule has 0 spiro atoms. The van der Waals surface area contributed by atoms with Gasteiger partial charge in [-0.3, -0.25) is 35.1 Å². The number of halogens is 22. The van der Waals surface area contributed by atoms with Gasteiger partial charge in [0, 0.05) is 71.3 Å². The molecule has 0 aliphatic carbocycles. The van der Waals surface area contributed by atoms with Gasteiger partial charge >= 0.3 is 64.9 Å². The van der Waals surface area contributed by atoms with E-state index in [0.717, 1.165) is 72.8 Å². The van der Waals surface area contributed by atoms with Gasteiger partial charge in [-0.25, -0.2) is 0 Å². The summed E-state index contributed by atoms with van der Waals surface area (Å²) in [6, 6.07) is 22.3. The van der Waals surface area contributed by atoms with Gasteiger partial charge in [0.1, 0.15) is 0 Å². The molecule has 0 saturated heterocycles. The van der Waals surface area contributed by atoms with E-state index in [1.165, 1.54) is 0 Å². The van der Waals surface area contributed by atoms with Crippen molar-refractivity contribution in [2.45, 2.75) is 24.7 Å². The zero-order valence-corrected chi connectivity index (χ0v) is 42.6. The predicted molar refractivity (Wildman–Crippen MR) is 214 cm³/mol. The first-order chi connectivity index (χ1) is 33.5. The summed E-state index contributed by atoms with van der Waals surface area (Å²) in [5.41, 5.74) is -4.61. The molecule has 4 heterocycles. The number of aromatic nitrogens is 4. The molecule has 76 heavy (non-hydrogen) atoms. The predicted octanol–water partition coefficient (Wildman–Crippen LogP) is 9.39. The van der Waals surface area contributed by atoms with E-state index in [1.54, 1.807) is 0 Å². The van der Waals surface area contributed by atoms with Gasteiger partial charge in [0.15, 0.2) is 0 Å². The fourth-order valence-electron chi connectivity index (χ4n) is 5.40. The van der Waals surface area contributed by atoms with Gasteiger partial charge in [-0.1, -0.05) is 95.1 Å². The van der Waals surface area contributed by atoms with Crippen LogP contribution >= 0.6 is 0 Å². The van der Waals surface area contributed by atoms with Crippen molar-refractivity contribution in [1.29, 1.82) is 0 Å². The summed E-state index contributed by atoms with van der Waals surface area (Å²) >= 11 is 0. The first-order valence-corrected chi connectivity index (χ1v) is 19.1. The van der Waals surface area contributed by atoms with Crippen molar-refractivity contribution in [3.8, 4) is 45.0 Å². The molecule has 0 aliphatic heterocycles. The van der Waals surface area contributed by atoms with Crippen molar-refractivity contribution in [2.75, 3.05) is 0 Å². The summed E-state index contributed by atoms with van der Waals surface area (Å²) in [7, 11) is 0. The van der Waals surface area contributed by atoms with Crippen LogP contribution in [-0.4, -0.2) is 19.9 Å². The summed E-state index contributed by atoms with van der Waals surface area (Å²) in [6.45, 7) is 0. The van der Waals surface area contributed by atoms with Crippen LogP contribution in [0.25, 0.3) is 45.0 Å². The molecule has 0 bridgehead atoms. The van der Waals surface area contributed by atoms with Crippen LogP contribution in [0, 0.1) is 70.8 Å². The summed E-state index contributed by atoms with van der Waals surface area (Å²) < 4.78 is 251. The van der Waals surface area contributed by atoms with Crippen LogP contribution in [0.4, 0.5) is 87.8 Å². The molecular formula is C48H20Cl2F20Ir2N4. The number of benzene rings is 4. The minimum atomic E-state index is -4.50. The Morgan fingerprint density at radius 3 is 0.579 bits per heavy atom. The molecule has 404 valence electrons. The monoisotopic (exact) mass is 1490 g/mol. The van der Waals surface area contributed by atoms with E-state index in [-0.39, 0.29) is 110 Å². The normalized spacial score (nSPS) is 11.0. The molecular weight excluding hydrogens is 1470 g/mol. The number of hydrogen-bond acceptors (Lipinski definition) is 4. The minimum Gasteiger partial charge on any atom is -1.00 e. The van der Waals surface area contributed by atoms with Crippen LogP contribution in [0.1, 0.15) is 22.3 Å². The molecule has 8 aromatic rings. The molecule has 0 saturated carbocycles. The van der Waals surface area contributed by atoms with Gasteiger partial charge < -0.3 is 44.7 Å². The second kappa shape index (κ2) is 28.4. The molecule has 0 radical (unpaired) electrons. The Bertz CT molecular complexity index is 2690. The van der Waals surface area contributed by atoms with Crippen LogP contribution in [0.3, 0.4) is 0 Å². The second-order valence-electron chi connectivity index (χ2n) is 13.9. The maximum atomic E-state index is 13.3. The van der Waals surface area contributed by atoms with Crippen molar-refractivity contribution in [3.63, 3.8) is 0 Å². The van der Waals surface area contributed by atoms with Gasteiger partial charge in [-0.15, -0.1) is 48.5 Å². The molecule has 0 fully saturated rings. The third-order valence-corrected chi connectivity index (χ3v) is 8.82. The van der Waals surface area contributed by atoms with Crippen LogP contribution < -0.4 is 24.8 Å². The molecule has 0 N–H and O–H groups in total. The molecule has 0 aliphatic rings. The average molecular weight is 1490 g/mol. The van der Waals surface area contributed by atoms with Gasteiger partial charge in [0.05, 0.1) is 22.3 Å². The summed E-state index contributed by atoms with van der Waals surface area (Å²) in [5, 5.41) is 0. The Labute approximate surface area is 455 Å². The van der Waals surface area contributed by atoms with Crippen LogP contribution in [0.5, 0.6) is 0 Å². The maximum absolute atomic E-state index is 13.3. The van der Waals surface area contributed by atoms with E-state index < -0.39 is 93.5 Å². The van der Waals surface area contributed by atoms with Gasteiger partial charge in [-0.2, -0.15) is 52.7 Å². The van der Waals surface area contributed by atoms with E-state index in [9.17, 15) is 87.8 Å². The van der Waals surface area contributed by atoms with Crippen molar-refractivity contribution in [2.24, 2.45) is 0 Å².